The van der Waals surface area contributed by atoms with Crippen molar-refractivity contribution in [2.75, 3.05) is 11.1 Å². The summed E-state index contributed by atoms with van der Waals surface area (Å²) in [4.78, 5) is 16.3. The van der Waals surface area contributed by atoms with E-state index in [0.717, 1.165) is 11.1 Å². The van der Waals surface area contributed by atoms with Crippen molar-refractivity contribution in [1.29, 1.82) is 0 Å². The maximum absolute atomic E-state index is 12.1. The van der Waals surface area contributed by atoms with Gasteiger partial charge in [0.15, 0.2) is 16.8 Å². The van der Waals surface area contributed by atoms with E-state index in [2.05, 4.69) is 25.7 Å². The SMILES string of the molecule is O=C(CSc1nnc(-c2cccnc2)n1Cc1ccccc1)Nc1ccon1. The lowest BCUT2D eigenvalue weighted by Gasteiger charge is -2.10. The molecule has 0 unspecified atom stereocenters. The van der Waals surface area contributed by atoms with Crippen LogP contribution in [0.4, 0.5) is 5.82 Å². The predicted octanol–water partition coefficient (Wildman–Crippen LogP) is 3.11. The first-order valence-electron chi connectivity index (χ1n) is 8.50. The Balaban J connectivity index is 1.56. The molecule has 28 heavy (non-hydrogen) atoms. The van der Waals surface area contributed by atoms with E-state index in [4.69, 9.17) is 4.52 Å². The van der Waals surface area contributed by atoms with E-state index >= 15 is 0 Å². The number of amides is 1. The molecular formula is C19H16N6O2S. The lowest BCUT2D eigenvalue weighted by Crippen LogP contribution is -2.15. The number of nitrogens with one attached hydrogen (secondary N) is 1. The van der Waals surface area contributed by atoms with E-state index < -0.39 is 0 Å². The Kier molecular flexibility index (Phi) is 5.43. The molecule has 0 aliphatic heterocycles. The molecule has 0 bridgehead atoms. The Bertz CT molecular complexity index is 1040. The van der Waals surface area contributed by atoms with Crippen molar-refractivity contribution >= 4 is 23.5 Å². The topological polar surface area (TPSA) is 98.7 Å². The molecule has 4 aromatic rings. The molecule has 0 saturated heterocycles. The van der Waals surface area contributed by atoms with E-state index in [1.807, 2.05) is 47.0 Å². The maximum atomic E-state index is 12.1. The molecule has 0 aliphatic rings. The fourth-order valence-corrected chi connectivity index (χ4v) is 3.34. The van der Waals surface area contributed by atoms with Gasteiger partial charge in [0.05, 0.1) is 12.3 Å². The van der Waals surface area contributed by atoms with Gasteiger partial charge >= 0.3 is 0 Å². The third-order valence-electron chi connectivity index (χ3n) is 3.86. The van der Waals surface area contributed by atoms with Crippen LogP contribution in [0.25, 0.3) is 11.4 Å². The van der Waals surface area contributed by atoms with Gasteiger partial charge in [0, 0.05) is 24.0 Å². The minimum absolute atomic E-state index is 0.173. The van der Waals surface area contributed by atoms with Crippen LogP contribution in [0.3, 0.4) is 0 Å². The average Bonchev–Trinajstić information content (AvgIpc) is 3.38. The molecule has 9 heteroatoms. The summed E-state index contributed by atoms with van der Waals surface area (Å²) < 4.78 is 6.70. The van der Waals surface area contributed by atoms with Crippen LogP contribution in [0.2, 0.25) is 0 Å². The number of anilines is 1. The van der Waals surface area contributed by atoms with E-state index in [-0.39, 0.29) is 11.7 Å². The highest BCUT2D eigenvalue weighted by molar-refractivity contribution is 7.99. The number of nitrogens with zero attached hydrogens (tertiary/aromatic N) is 5. The molecule has 0 saturated carbocycles. The lowest BCUT2D eigenvalue weighted by atomic mass is 10.2. The number of benzene rings is 1. The molecule has 3 heterocycles. The first-order chi connectivity index (χ1) is 13.8. The Morgan fingerprint density at radius 2 is 2.00 bits per heavy atom. The second-order valence-corrected chi connectivity index (χ2v) is 6.78. The van der Waals surface area contributed by atoms with Crippen molar-refractivity contribution in [2.45, 2.75) is 11.7 Å². The van der Waals surface area contributed by atoms with Crippen molar-refractivity contribution < 1.29 is 9.32 Å². The van der Waals surface area contributed by atoms with Crippen molar-refractivity contribution in [2.24, 2.45) is 0 Å². The summed E-state index contributed by atoms with van der Waals surface area (Å²) in [6, 6.07) is 15.4. The molecule has 0 radical (unpaired) electrons. The summed E-state index contributed by atoms with van der Waals surface area (Å²) >= 11 is 1.31. The van der Waals surface area contributed by atoms with Crippen LogP contribution >= 0.6 is 11.8 Å². The Morgan fingerprint density at radius 3 is 2.75 bits per heavy atom. The van der Waals surface area contributed by atoms with E-state index in [0.29, 0.717) is 23.3 Å². The predicted molar refractivity (Wildman–Crippen MR) is 105 cm³/mol. The van der Waals surface area contributed by atoms with Gasteiger partial charge in [0.1, 0.15) is 6.26 Å². The van der Waals surface area contributed by atoms with Crippen LogP contribution in [0.1, 0.15) is 5.56 Å². The molecule has 3 aromatic heterocycles. The zero-order valence-electron chi connectivity index (χ0n) is 14.7. The second-order valence-electron chi connectivity index (χ2n) is 5.84. The number of aromatic nitrogens is 5. The van der Waals surface area contributed by atoms with Crippen molar-refractivity contribution in [3.63, 3.8) is 0 Å². The van der Waals surface area contributed by atoms with Gasteiger partial charge in [0.25, 0.3) is 0 Å². The molecular weight excluding hydrogens is 376 g/mol. The van der Waals surface area contributed by atoms with E-state index in [9.17, 15) is 4.79 Å². The first-order valence-corrected chi connectivity index (χ1v) is 9.49. The van der Waals surface area contributed by atoms with Crippen molar-refractivity contribution in [3.05, 3.63) is 72.8 Å². The standard InChI is InChI=1S/C19H16N6O2S/c26-17(21-16-8-10-27-24-16)13-28-19-23-22-18(15-7-4-9-20-11-15)25(19)12-14-5-2-1-3-6-14/h1-11H,12-13H2,(H,21,24,26). The molecule has 0 spiro atoms. The van der Waals surface area contributed by atoms with Crippen LogP contribution in [-0.2, 0) is 11.3 Å². The van der Waals surface area contributed by atoms with Gasteiger partial charge in [-0.1, -0.05) is 47.3 Å². The number of hydrogen-bond acceptors (Lipinski definition) is 7. The summed E-state index contributed by atoms with van der Waals surface area (Å²) in [5.41, 5.74) is 1.98. The third-order valence-corrected chi connectivity index (χ3v) is 4.82. The monoisotopic (exact) mass is 392 g/mol. The zero-order chi connectivity index (χ0) is 19.2. The molecule has 0 atom stereocenters. The van der Waals surface area contributed by atoms with Crippen LogP contribution in [0.5, 0.6) is 0 Å². The number of pyridine rings is 1. The molecule has 4 rings (SSSR count). The van der Waals surface area contributed by atoms with Gasteiger partial charge in [-0.05, 0) is 17.7 Å². The quantitative estimate of drug-likeness (QED) is 0.483. The Labute approximate surface area is 165 Å². The number of rotatable bonds is 7. The third kappa shape index (κ3) is 4.26. The fraction of sp³-hybridized carbons (Fsp3) is 0.105. The highest BCUT2D eigenvalue weighted by Gasteiger charge is 2.16. The maximum Gasteiger partial charge on any atom is 0.236 e. The van der Waals surface area contributed by atoms with Gasteiger partial charge in [-0.2, -0.15) is 0 Å². The Morgan fingerprint density at radius 1 is 1.11 bits per heavy atom. The van der Waals surface area contributed by atoms with Gasteiger partial charge in [-0.25, -0.2) is 0 Å². The van der Waals surface area contributed by atoms with Gasteiger partial charge in [-0.15, -0.1) is 10.2 Å². The van der Waals surface area contributed by atoms with E-state index in [1.54, 1.807) is 18.5 Å². The summed E-state index contributed by atoms with van der Waals surface area (Å²) in [5.74, 6) is 1.06. The highest BCUT2D eigenvalue weighted by atomic mass is 32.2. The van der Waals surface area contributed by atoms with Crippen molar-refractivity contribution in [1.82, 2.24) is 24.9 Å². The van der Waals surface area contributed by atoms with Crippen LogP contribution in [0.15, 0.2) is 76.9 Å². The zero-order valence-corrected chi connectivity index (χ0v) is 15.5. The van der Waals surface area contributed by atoms with Crippen LogP contribution < -0.4 is 5.32 Å². The number of hydrogen-bond donors (Lipinski definition) is 1. The normalized spacial score (nSPS) is 10.7. The lowest BCUT2D eigenvalue weighted by molar-refractivity contribution is -0.113. The highest BCUT2D eigenvalue weighted by Crippen LogP contribution is 2.24. The molecule has 0 aliphatic carbocycles. The molecule has 1 aromatic carbocycles. The van der Waals surface area contributed by atoms with Gasteiger partial charge in [-0.3, -0.25) is 14.3 Å². The smallest absolute Gasteiger partial charge is 0.236 e. The van der Waals surface area contributed by atoms with Gasteiger partial charge < -0.3 is 9.84 Å². The Hall–Kier alpha value is -3.46. The van der Waals surface area contributed by atoms with Crippen LogP contribution in [-0.4, -0.2) is 36.6 Å². The number of carbonyl (C=O) groups excluding carboxylic acids is 1. The molecule has 140 valence electrons. The fourth-order valence-electron chi connectivity index (χ4n) is 2.60. The van der Waals surface area contributed by atoms with Crippen LogP contribution in [0, 0.1) is 0 Å². The minimum Gasteiger partial charge on any atom is -0.363 e. The first kappa shape index (κ1) is 17.9. The summed E-state index contributed by atoms with van der Waals surface area (Å²) in [6.07, 6.45) is 4.86. The summed E-state index contributed by atoms with van der Waals surface area (Å²) in [7, 11) is 0. The summed E-state index contributed by atoms with van der Waals surface area (Å²) in [5, 5.41) is 15.6. The second kappa shape index (κ2) is 8.49. The van der Waals surface area contributed by atoms with E-state index in [1.165, 1.54) is 18.0 Å². The van der Waals surface area contributed by atoms with Crippen molar-refractivity contribution in [3.8, 4) is 11.4 Å². The summed E-state index contributed by atoms with van der Waals surface area (Å²) in [6.45, 7) is 0.589. The largest absolute Gasteiger partial charge is 0.363 e. The molecule has 1 amide bonds. The molecule has 8 nitrogen and oxygen atoms in total. The minimum atomic E-state index is -0.198. The van der Waals surface area contributed by atoms with Gasteiger partial charge in [0.2, 0.25) is 5.91 Å². The average molecular weight is 392 g/mol. The molecule has 1 N–H and O–H groups in total. The number of thioether (sulfide) groups is 1. The molecule has 0 fully saturated rings. The number of carbonyl (C=O) groups is 1.